The Kier molecular flexibility index (Phi) is 6.62. The molecule has 14 heteroatoms. The maximum absolute atomic E-state index is 13.6. The Labute approximate surface area is 189 Å². The number of alkyl halides is 7. The zero-order valence-electron chi connectivity index (χ0n) is 18.0. The van der Waals surface area contributed by atoms with Crippen molar-refractivity contribution in [2.45, 2.75) is 31.9 Å². The second kappa shape index (κ2) is 8.99. The van der Waals surface area contributed by atoms with E-state index in [9.17, 15) is 30.7 Å². The number of methoxy groups -OCH3 is 1. The quantitative estimate of drug-likeness (QED) is 0.417. The molecular formula is C20H19F7N6O. The molecular weight excluding hydrogens is 473 g/mol. The molecule has 0 fully saturated rings. The van der Waals surface area contributed by atoms with Crippen LogP contribution in [0.3, 0.4) is 0 Å². The lowest BCUT2D eigenvalue weighted by atomic mass is 10.1. The molecule has 2 aromatic heterocycles. The Morgan fingerprint density at radius 2 is 1.68 bits per heavy atom. The van der Waals surface area contributed by atoms with Gasteiger partial charge in [-0.3, -0.25) is 0 Å². The predicted molar refractivity (Wildman–Crippen MR) is 109 cm³/mol. The molecule has 7 nitrogen and oxygen atoms in total. The summed E-state index contributed by atoms with van der Waals surface area (Å²) in [5, 5.41) is 4.64. The average Bonchev–Trinajstić information content (AvgIpc) is 3.17. The number of ether oxygens (including phenoxy) is 1. The van der Waals surface area contributed by atoms with Gasteiger partial charge in [0, 0.05) is 29.7 Å². The highest BCUT2D eigenvalue weighted by Crippen LogP contribution is 2.46. The molecule has 0 aliphatic rings. The minimum absolute atomic E-state index is 0.110. The number of rotatable bonds is 8. The highest BCUT2D eigenvalue weighted by atomic mass is 19.4. The number of anilines is 3. The SMILES string of the molecule is COc1cc(Nc2nc(C)cc(NCC(F)(F)C(F)(F)C(F)(F)F)n2)ccc1-n1cnc(C)c1. The normalized spacial score (nSPS) is 12.5. The molecule has 0 aliphatic heterocycles. The van der Waals surface area contributed by atoms with Gasteiger partial charge in [-0.2, -0.15) is 35.7 Å². The van der Waals surface area contributed by atoms with Crippen LogP contribution in [0.15, 0.2) is 36.8 Å². The van der Waals surface area contributed by atoms with Crippen LogP contribution in [0.2, 0.25) is 0 Å². The average molecular weight is 492 g/mol. The minimum atomic E-state index is -6.41. The van der Waals surface area contributed by atoms with Gasteiger partial charge in [0.2, 0.25) is 5.95 Å². The van der Waals surface area contributed by atoms with Gasteiger partial charge in [0.25, 0.3) is 0 Å². The fourth-order valence-electron chi connectivity index (χ4n) is 2.89. The molecule has 3 rings (SSSR count). The second-order valence-electron chi connectivity index (χ2n) is 7.28. The maximum atomic E-state index is 13.6. The lowest BCUT2D eigenvalue weighted by Crippen LogP contribution is -2.55. The Hall–Kier alpha value is -3.58. The lowest BCUT2D eigenvalue weighted by Gasteiger charge is -2.28. The van der Waals surface area contributed by atoms with Gasteiger partial charge in [0.15, 0.2) is 0 Å². The summed E-state index contributed by atoms with van der Waals surface area (Å²) in [6.07, 6.45) is -3.03. The Balaban J connectivity index is 1.79. The first-order chi connectivity index (χ1) is 15.7. The van der Waals surface area contributed by atoms with Crippen LogP contribution < -0.4 is 15.4 Å². The number of imidazole rings is 1. The molecule has 0 saturated heterocycles. The maximum Gasteiger partial charge on any atom is 0.459 e. The highest BCUT2D eigenvalue weighted by Gasteiger charge is 2.72. The molecule has 3 aromatic rings. The van der Waals surface area contributed by atoms with Crippen LogP contribution in [0.1, 0.15) is 11.4 Å². The molecule has 0 spiro atoms. The van der Waals surface area contributed by atoms with Gasteiger partial charge < -0.3 is 19.9 Å². The van der Waals surface area contributed by atoms with E-state index in [2.05, 4.69) is 20.3 Å². The number of nitrogens with zero attached hydrogens (tertiary/aromatic N) is 4. The lowest BCUT2D eigenvalue weighted by molar-refractivity contribution is -0.350. The van der Waals surface area contributed by atoms with E-state index in [1.807, 2.05) is 12.2 Å². The first-order valence-electron chi connectivity index (χ1n) is 9.61. The summed E-state index contributed by atoms with van der Waals surface area (Å²) in [5.41, 5.74) is 2.14. The van der Waals surface area contributed by atoms with Gasteiger partial charge in [0.05, 0.1) is 31.4 Å². The summed E-state index contributed by atoms with van der Waals surface area (Å²) in [4.78, 5) is 12.1. The molecule has 0 atom stereocenters. The number of aryl methyl sites for hydroxylation is 2. The summed E-state index contributed by atoms with van der Waals surface area (Å²) in [6, 6.07) is 6.07. The zero-order valence-corrected chi connectivity index (χ0v) is 18.0. The van der Waals surface area contributed by atoms with E-state index in [0.29, 0.717) is 17.1 Å². The monoisotopic (exact) mass is 492 g/mol. The zero-order chi connectivity index (χ0) is 25.3. The van der Waals surface area contributed by atoms with Crippen molar-refractivity contribution in [1.82, 2.24) is 19.5 Å². The molecule has 1 aromatic carbocycles. The van der Waals surface area contributed by atoms with E-state index in [4.69, 9.17) is 4.74 Å². The summed E-state index contributed by atoms with van der Waals surface area (Å²) in [7, 11) is 1.45. The second-order valence-corrected chi connectivity index (χ2v) is 7.28. The summed E-state index contributed by atoms with van der Waals surface area (Å²) < 4.78 is 97.4. The van der Waals surface area contributed by atoms with Crippen LogP contribution in [0.4, 0.5) is 48.2 Å². The number of nitrogens with one attached hydrogen (secondary N) is 2. The molecule has 0 unspecified atom stereocenters. The molecule has 0 amide bonds. The third-order valence-electron chi connectivity index (χ3n) is 4.59. The van der Waals surface area contributed by atoms with Crippen molar-refractivity contribution >= 4 is 17.5 Å². The van der Waals surface area contributed by atoms with Gasteiger partial charge in [-0.15, -0.1) is 0 Å². The number of aromatic nitrogens is 4. The number of halogens is 7. The number of benzene rings is 1. The largest absolute Gasteiger partial charge is 0.494 e. The first-order valence-corrected chi connectivity index (χ1v) is 9.61. The van der Waals surface area contributed by atoms with Crippen molar-refractivity contribution in [2.24, 2.45) is 0 Å². The van der Waals surface area contributed by atoms with Gasteiger partial charge in [-0.25, -0.2) is 9.97 Å². The Morgan fingerprint density at radius 3 is 2.26 bits per heavy atom. The molecule has 184 valence electrons. The summed E-state index contributed by atoms with van der Waals surface area (Å²) in [5.74, 6) is -11.7. The van der Waals surface area contributed by atoms with Crippen LogP contribution in [0.5, 0.6) is 5.75 Å². The molecule has 2 heterocycles. The topological polar surface area (TPSA) is 76.9 Å². The van der Waals surface area contributed by atoms with Crippen molar-refractivity contribution < 1.29 is 35.5 Å². The van der Waals surface area contributed by atoms with Crippen molar-refractivity contribution in [3.8, 4) is 11.4 Å². The number of hydrogen-bond donors (Lipinski definition) is 2. The third kappa shape index (κ3) is 5.15. The Morgan fingerprint density at radius 1 is 0.971 bits per heavy atom. The van der Waals surface area contributed by atoms with Gasteiger partial charge in [-0.05, 0) is 26.0 Å². The van der Waals surface area contributed by atoms with Gasteiger partial charge in [0.1, 0.15) is 11.6 Å². The molecule has 34 heavy (non-hydrogen) atoms. The van der Waals surface area contributed by atoms with Crippen molar-refractivity contribution in [3.63, 3.8) is 0 Å². The van der Waals surface area contributed by atoms with Crippen LogP contribution in [0, 0.1) is 13.8 Å². The highest BCUT2D eigenvalue weighted by molar-refractivity contribution is 5.62. The van der Waals surface area contributed by atoms with E-state index >= 15 is 0 Å². The molecule has 0 aliphatic carbocycles. The summed E-state index contributed by atoms with van der Waals surface area (Å²) in [6.45, 7) is 1.29. The van der Waals surface area contributed by atoms with E-state index in [0.717, 1.165) is 11.8 Å². The standard InChI is InChI=1S/C20H19F7N6O/c1-11-6-16(28-9-18(21,22)19(23,24)20(25,26)27)32-17(30-11)31-13-4-5-14(15(7-13)34-3)33-8-12(2)29-10-33/h4-8,10H,9H2,1-3H3,(H2,28,30,31,32). The van der Waals surface area contributed by atoms with Crippen LogP contribution >= 0.6 is 0 Å². The molecule has 0 bridgehead atoms. The minimum Gasteiger partial charge on any atom is -0.494 e. The first kappa shape index (κ1) is 25.1. The fourth-order valence-corrected chi connectivity index (χ4v) is 2.89. The van der Waals surface area contributed by atoms with Crippen molar-refractivity contribution in [2.75, 3.05) is 24.3 Å². The van der Waals surface area contributed by atoms with E-state index in [1.54, 1.807) is 35.3 Å². The van der Waals surface area contributed by atoms with Crippen molar-refractivity contribution in [1.29, 1.82) is 0 Å². The van der Waals surface area contributed by atoms with Gasteiger partial charge >= 0.3 is 18.0 Å². The predicted octanol–water partition coefficient (Wildman–Crippen LogP) is 5.28. The van der Waals surface area contributed by atoms with Crippen LogP contribution in [-0.4, -0.2) is 51.2 Å². The van der Waals surface area contributed by atoms with E-state index in [-0.39, 0.29) is 17.5 Å². The fraction of sp³-hybridized carbons (Fsp3) is 0.350. The van der Waals surface area contributed by atoms with Crippen LogP contribution in [0.25, 0.3) is 5.69 Å². The van der Waals surface area contributed by atoms with E-state index < -0.39 is 24.6 Å². The molecule has 0 radical (unpaired) electrons. The van der Waals surface area contributed by atoms with Gasteiger partial charge in [-0.1, -0.05) is 0 Å². The Bertz CT molecular complexity index is 1160. The third-order valence-corrected chi connectivity index (χ3v) is 4.59. The number of hydrogen-bond acceptors (Lipinski definition) is 6. The smallest absolute Gasteiger partial charge is 0.459 e. The summed E-state index contributed by atoms with van der Waals surface area (Å²) >= 11 is 0. The van der Waals surface area contributed by atoms with Crippen LogP contribution in [-0.2, 0) is 0 Å². The molecule has 0 saturated carbocycles. The van der Waals surface area contributed by atoms with Crippen molar-refractivity contribution in [3.05, 3.63) is 48.2 Å². The van der Waals surface area contributed by atoms with E-state index in [1.165, 1.54) is 14.0 Å². The molecule has 2 N–H and O–H groups in total.